The molecule has 0 saturated heterocycles. The van der Waals surface area contributed by atoms with E-state index in [9.17, 15) is 0 Å². The predicted octanol–water partition coefficient (Wildman–Crippen LogP) is 2.72. The Labute approximate surface area is 98.8 Å². The summed E-state index contributed by atoms with van der Waals surface area (Å²) in [4.78, 5) is 0. The molecule has 0 heterocycles. The Hall–Kier alpha value is -0.860. The third-order valence-corrected chi connectivity index (χ3v) is 3.46. The van der Waals surface area contributed by atoms with Gasteiger partial charge in [-0.2, -0.15) is 0 Å². The Morgan fingerprint density at radius 3 is 2.44 bits per heavy atom. The first-order valence-corrected chi connectivity index (χ1v) is 6.03. The zero-order valence-corrected chi connectivity index (χ0v) is 10.4. The molecule has 0 spiro atoms. The van der Waals surface area contributed by atoms with Crippen LogP contribution < -0.4 is 5.73 Å². The third kappa shape index (κ3) is 3.06. The molecule has 1 unspecified atom stereocenters. The van der Waals surface area contributed by atoms with E-state index < -0.39 is 0 Å². The summed E-state index contributed by atoms with van der Waals surface area (Å²) in [5.41, 5.74) is 7.47. The van der Waals surface area contributed by atoms with Gasteiger partial charge in [0.2, 0.25) is 0 Å². The van der Waals surface area contributed by atoms with Crippen LogP contribution in [0.2, 0.25) is 0 Å². The molecule has 0 aromatic heterocycles. The van der Waals surface area contributed by atoms with Crippen LogP contribution in [0.25, 0.3) is 0 Å². The van der Waals surface area contributed by atoms with Crippen LogP contribution in [-0.4, -0.2) is 20.3 Å². The van der Waals surface area contributed by atoms with Gasteiger partial charge in [-0.15, -0.1) is 0 Å². The van der Waals surface area contributed by atoms with Crippen LogP contribution in [0.3, 0.4) is 0 Å². The van der Waals surface area contributed by atoms with Gasteiger partial charge in [-0.05, 0) is 24.8 Å². The summed E-state index contributed by atoms with van der Waals surface area (Å²) in [5, 5.41) is 0. The number of rotatable bonds is 7. The summed E-state index contributed by atoms with van der Waals surface area (Å²) in [6.07, 6.45) is 3.24. The topological polar surface area (TPSA) is 35.2 Å². The second-order valence-corrected chi connectivity index (χ2v) is 4.30. The van der Waals surface area contributed by atoms with Crippen LogP contribution in [0, 0.1) is 0 Å². The van der Waals surface area contributed by atoms with E-state index in [2.05, 4.69) is 37.3 Å². The second kappa shape index (κ2) is 6.66. The number of methoxy groups -OCH3 is 1. The molecule has 0 aliphatic carbocycles. The smallest absolute Gasteiger partial charge is 0.0462 e. The highest BCUT2D eigenvalue weighted by Crippen LogP contribution is 2.31. The number of benzene rings is 1. The number of hydrogen-bond acceptors (Lipinski definition) is 2. The van der Waals surface area contributed by atoms with Crippen molar-refractivity contribution in [3.8, 4) is 0 Å². The lowest BCUT2D eigenvalue weighted by Gasteiger charge is -2.32. The van der Waals surface area contributed by atoms with Crippen LogP contribution in [-0.2, 0) is 10.2 Å². The molecule has 0 aliphatic heterocycles. The molecule has 0 amide bonds. The van der Waals surface area contributed by atoms with Crippen molar-refractivity contribution in [1.82, 2.24) is 0 Å². The summed E-state index contributed by atoms with van der Waals surface area (Å²) < 4.78 is 5.12. The summed E-state index contributed by atoms with van der Waals surface area (Å²) >= 11 is 0. The largest absolute Gasteiger partial charge is 0.385 e. The Kier molecular flexibility index (Phi) is 5.50. The molecule has 1 rings (SSSR count). The van der Waals surface area contributed by atoms with E-state index in [1.807, 2.05) is 0 Å². The molecule has 0 radical (unpaired) electrons. The minimum Gasteiger partial charge on any atom is -0.385 e. The Morgan fingerprint density at radius 2 is 1.94 bits per heavy atom. The lowest BCUT2D eigenvalue weighted by Crippen LogP contribution is -2.34. The fourth-order valence-corrected chi connectivity index (χ4v) is 2.24. The predicted molar refractivity (Wildman–Crippen MR) is 68.6 cm³/mol. The molecule has 2 N–H and O–H groups in total. The van der Waals surface area contributed by atoms with E-state index in [0.717, 1.165) is 25.9 Å². The van der Waals surface area contributed by atoms with Crippen molar-refractivity contribution in [3.05, 3.63) is 35.9 Å². The van der Waals surface area contributed by atoms with Crippen molar-refractivity contribution in [2.24, 2.45) is 5.73 Å². The Balaban J connectivity index is 2.79. The Morgan fingerprint density at radius 1 is 1.25 bits per heavy atom. The highest BCUT2D eigenvalue weighted by molar-refractivity contribution is 5.25. The van der Waals surface area contributed by atoms with Gasteiger partial charge in [-0.3, -0.25) is 0 Å². The van der Waals surface area contributed by atoms with E-state index in [-0.39, 0.29) is 5.41 Å². The maximum atomic E-state index is 5.99. The van der Waals surface area contributed by atoms with Crippen LogP contribution in [0.15, 0.2) is 30.3 Å². The lowest BCUT2D eigenvalue weighted by molar-refractivity contribution is 0.182. The molecule has 0 bridgehead atoms. The molecule has 0 saturated carbocycles. The van der Waals surface area contributed by atoms with Crippen molar-refractivity contribution < 1.29 is 4.74 Å². The van der Waals surface area contributed by atoms with E-state index in [1.165, 1.54) is 5.56 Å². The summed E-state index contributed by atoms with van der Waals surface area (Å²) in [7, 11) is 1.75. The summed E-state index contributed by atoms with van der Waals surface area (Å²) in [5.74, 6) is 0. The number of ether oxygens (including phenoxy) is 1. The average Bonchev–Trinajstić information content (AvgIpc) is 2.36. The van der Waals surface area contributed by atoms with Gasteiger partial charge in [0, 0.05) is 25.7 Å². The lowest BCUT2D eigenvalue weighted by atomic mass is 9.74. The molecule has 0 fully saturated rings. The van der Waals surface area contributed by atoms with E-state index >= 15 is 0 Å². The fourth-order valence-electron chi connectivity index (χ4n) is 2.24. The van der Waals surface area contributed by atoms with Gasteiger partial charge < -0.3 is 10.5 Å². The highest BCUT2D eigenvalue weighted by atomic mass is 16.5. The van der Waals surface area contributed by atoms with Gasteiger partial charge in [-0.25, -0.2) is 0 Å². The molecule has 2 nitrogen and oxygen atoms in total. The molecule has 0 aliphatic rings. The van der Waals surface area contributed by atoms with Gasteiger partial charge in [-0.1, -0.05) is 37.3 Å². The highest BCUT2D eigenvalue weighted by Gasteiger charge is 2.27. The van der Waals surface area contributed by atoms with E-state index in [0.29, 0.717) is 6.54 Å². The SMILES string of the molecule is CCC(CN)(CCCOC)c1ccccc1. The maximum absolute atomic E-state index is 5.99. The first kappa shape index (κ1) is 13.2. The Bertz CT molecular complexity index is 280. The fraction of sp³-hybridized carbons (Fsp3) is 0.571. The summed E-state index contributed by atoms with van der Waals surface area (Å²) in [6.45, 7) is 3.73. The van der Waals surface area contributed by atoms with E-state index in [4.69, 9.17) is 10.5 Å². The molecule has 90 valence electrons. The van der Waals surface area contributed by atoms with Crippen LogP contribution >= 0.6 is 0 Å². The summed E-state index contributed by atoms with van der Waals surface area (Å²) in [6, 6.07) is 10.6. The van der Waals surface area contributed by atoms with Gasteiger partial charge in [0.25, 0.3) is 0 Å². The van der Waals surface area contributed by atoms with Crippen molar-refractivity contribution in [2.45, 2.75) is 31.6 Å². The monoisotopic (exact) mass is 221 g/mol. The van der Waals surface area contributed by atoms with Crippen LogP contribution in [0.1, 0.15) is 31.7 Å². The second-order valence-electron chi connectivity index (χ2n) is 4.30. The minimum atomic E-state index is 0.125. The number of nitrogens with two attached hydrogens (primary N) is 1. The van der Waals surface area contributed by atoms with Gasteiger partial charge in [0.05, 0.1) is 0 Å². The quantitative estimate of drug-likeness (QED) is 0.718. The van der Waals surface area contributed by atoms with Gasteiger partial charge in [0.15, 0.2) is 0 Å². The van der Waals surface area contributed by atoms with Crippen LogP contribution in [0.4, 0.5) is 0 Å². The van der Waals surface area contributed by atoms with E-state index in [1.54, 1.807) is 7.11 Å². The molecule has 2 heteroatoms. The first-order chi connectivity index (χ1) is 7.79. The molecular formula is C14H23NO. The molecule has 1 atom stereocenters. The standard InChI is InChI=1S/C14H23NO/c1-3-14(12-15,10-7-11-16-2)13-8-5-4-6-9-13/h4-6,8-9H,3,7,10-12,15H2,1-2H3. The third-order valence-electron chi connectivity index (χ3n) is 3.46. The first-order valence-electron chi connectivity index (χ1n) is 6.03. The van der Waals surface area contributed by atoms with Gasteiger partial charge >= 0.3 is 0 Å². The molecular weight excluding hydrogens is 198 g/mol. The maximum Gasteiger partial charge on any atom is 0.0462 e. The van der Waals surface area contributed by atoms with Crippen molar-refractivity contribution in [2.75, 3.05) is 20.3 Å². The molecule has 16 heavy (non-hydrogen) atoms. The van der Waals surface area contributed by atoms with Crippen molar-refractivity contribution >= 4 is 0 Å². The van der Waals surface area contributed by atoms with Crippen LogP contribution in [0.5, 0.6) is 0 Å². The molecule has 1 aromatic carbocycles. The number of hydrogen-bond donors (Lipinski definition) is 1. The zero-order valence-electron chi connectivity index (χ0n) is 10.4. The van der Waals surface area contributed by atoms with Gasteiger partial charge in [0.1, 0.15) is 0 Å². The minimum absolute atomic E-state index is 0.125. The average molecular weight is 221 g/mol. The van der Waals surface area contributed by atoms with Crippen molar-refractivity contribution in [3.63, 3.8) is 0 Å². The molecule has 1 aromatic rings. The van der Waals surface area contributed by atoms with Crippen molar-refractivity contribution in [1.29, 1.82) is 0 Å². The zero-order chi connectivity index (χ0) is 11.9. The normalized spacial score (nSPS) is 14.7.